The van der Waals surface area contributed by atoms with Gasteiger partial charge >= 0.3 is 0 Å². The van der Waals surface area contributed by atoms with Crippen LogP contribution in [0.3, 0.4) is 0 Å². The molecule has 0 atom stereocenters. The van der Waals surface area contributed by atoms with E-state index in [1.165, 1.54) is 102 Å². The lowest BCUT2D eigenvalue weighted by molar-refractivity contribution is 0.590. The van der Waals surface area contributed by atoms with Crippen LogP contribution in [-0.4, -0.2) is 0 Å². The maximum atomic E-state index is 2.37. The number of hydrogen-bond donors (Lipinski definition) is 0. The van der Waals surface area contributed by atoms with Gasteiger partial charge in [-0.3, -0.25) is 0 Å². The zero-order valence-corrected chi connectivity index (χ0v) is 28.7. The molecule has 1 heteroatoms. The molecule has 0 amide bonds. The number of hydrogen-bond acceptors (Lipinski definition) is 1. The SMILES string of the molecule is CC(C)(C)c1ccc(-c2ccc3ccc4c(-c5ccc6cc(-c7cccc8c7sc7ccccc78)ccc6c5)ccc5ccc2c3c54)cc1. The molecule has 10 rings (SSSR count). The van der Waals surface area contributed by atoms with E-state index >= 15 is 0 Å². The third-order valence-corrected chi connectivity index (χ3v) is 11.8. The molecule has 0 spiro atoms. The Balaban J connectivity index is 1.09. The molecule has 0 saturated carbocycles. The smallest absolute Gasteiger partial charge is 0.0433 e. The molecule has 0 aliphatic heterocycles. The van der Waals surface area contributed by atoms with Crippen molar-refractivity contribution in [2.24, 2.45) is 0 Å². The molecule has 0 saturated heterocycles. The highest BCUT2D eigenvalue weighted by Crippen LogP contribution is 2.44. The topological polar surface area (TPSA) is 0 Å². The molecule has 49 heavy (non-hydrogen) atoms. The predicted molar refractivity (Wildman–Crippen MR) is 216 cm³/mol. The van der Waals surface area contributed by atoms with Crippen LogP contribution < -0.4 is 0 Å². The van der Waals surface area contributed by atoms with Crippen molar-refractivity contribution < 1.29 is 0 Å². The van der Waals surface area contributed by atoms with E-state index in [1.54, 1.807) is 0 Å². The van der Waals surface area contributed by atoms with E-state index in [0.717, 1.165) is 0 Å². The fourth-order valence-electron chi connectivity index (χ4n) is 8.01. The van der Waals surface area contributed by atoms with Gasteiger partial charge in [-0.25, -0.2) is 0 Å². The zero-order chi connectivity index (χ0) is 32.9. The summed E-state index contributed by atoms with van der Waals surface area (Å²) in [6, 6.07) is 57.0. The Labute approximate surface area is 290 Å². The van der Waals surface area contributed by atoms with Gasteiger partial charge in [-0.1, -0.05) is 154 Å². The first-order chi connectivity index (χ1) is 23.9. The minimum atomic E-state index is 0.136. The Morgan fingerprint density at radius 1 is 0.388 bits per heavy atom. The Morgan fingerprint density at radius 2 is 0.918 bits per heavy atom. The molecule has 10 aromatic rings. The van der Waals surface area contributed by atoms with Crippen molar-refractivity contribution in [1.82, 2.24) is 0 Å². The molecule has 0 nitrogen and oxygen atoms in total. The molecule has 232 valence electrons. The first-order valence-corrected chi connectivity index (χ1v) is 18.0. The summed E-state index contributed by atoms with van der Waals surface area (Å²) in [5.41, 5.74) is 9.16. The van der Waals surface area contributed by atoms with Crippen molar-refractivity contribution in [2.75, 3.05) is 0 Å². The van der Waals surface area contributed by atoms with Gasteiger partial charge in [0.2, 0.25) is 0 Å². The molecular weight excluding hydrogens is 609 g/mol. The van der Waals surface area contributed by atoms with Crippen molar-refractivity contribution in [2.45, 2.75) is 26.2 Å². The summed E-state index contributed by atoms with van der Waals surface area (Å²) in [5, 5.41) is 13.1. The summed E-state index contributed by atoms with van der Waals surface area (Å²) in [5.74, 6) is 0. The molecule has 0 unspecified atom stereocenters. The van der Waals surface area contributed by atoms with E-state index in [1.807, 2.05) is 11.3 Å². The number of rotatable bonds is 3. The van der Waals surface area contributed by atoms with Crippen molar-refractivity contribution in [3.05, 3.63) is 157 Å². The second-order valence-electron chi connectivity index (χ2n) is 14.5. The second-order valence-corrected chi connectivity index (χ2v) is 15.6. The molecule has 0 radical (unpaired) electrons. The first-order valence-electron chi connectivity index (χ1n) is 17.2. The summed E-state index contributed by atoms with van der Waals surface area (Å²) in [6.45, 7) is 6.82. The van der Waals surface area contributed by atoms with Crippen molar-refractivity contribution in [3.63, 3.8) is 0 Å². The quantitative estimate of drug-likeness (QED) is 0.168. The van der Waals surface area contributed by atoms with E-state index in [4.69, 9.17) is 0 Å². The molecule has 0 aliphatic carbocycles. The summed E-state index contributed by atoms with van der Waals surface area (Å²) < 4.78 is 2.70. The van der Waals surface area contributed by atoms with Gasteiger partial charge in [0.1, 0.15) is 0 Å². The van der Waals surface area contributed by atoms with E-state index in [2.05, 4.69) is 172 Å². The minimum absolute atomic E-state index is 0.136. The Hall–Kier alpha value is -5.50. The highest BCUT2D eigenvalue weighted by atomic mass is 32.1. The van der Waals surface area contributed by atoms with Crippen LogP contribution >= 0.6 is 11.3 Å². The first kappa shape index (κ1) is 28.5. The summed E-state index contributed by atoms with van der Waals surface area (Å²) in [4.78, 5) is 0. The minimum Gasteiger partial charge on any atom is -0.135 e. The Bertz CT molecular complexity index is 2900. The molecule has 1 aromatic heterocycles. The lowest BCUT2D eigenvalue weighted by atomic mass is 9.84. The van der Waals surface area contributed by atoms with Crippen LogP contribution in [0.1, 0.15) is 26.3 Å². The molecule has 0 fully saturated rings. The lowest BCUT2D eigenvalue weighted by Gasteiger charge is -2.20. The molecule has 0 N–H and O–H groups in total. The number of benzene rings is 9. The number of fused-ring (bicyclic) bond motifs is 4. The monoisotopic (exact) mass is 642 g/mol. The van der Waals surface area contributed by atoms with Gasteiger partial charge < -0.3 is 0 Å². The van der Waals surface area contributed by atoms with Crippen LogP contribution in [-0.2, 0) is 5.41 Å². The highest BCUT2D eigenvalue weighted by molar-refractivity contribution is 7.26. The van der Waals surface area contributed by atoms with E-state index in [9.17, 15) is 0 Å². The van der Waals surface area contributed by atoms with Crippen molar-refractivity contribution in [3.8, 4) is 33.4 Å². The van der Waals surface area contributed by atoms with Gasteiger partial charge in [0, 0.05) is 20.2 Å². The average molecular weight is 643 g/mol. The van der Waals surface area contributed by atoms with Crippen LogP contribution in [0.4, 0.5) is 0 Å². The van der Waals surface area contributed by atoms with Gasteiger partial charge in [0.15, 0.2) is 0 Å². The van der Waals surface area contributed by atoms with E-state index in [-0.39, 0.29) is 5.41 Å². The van der Waals surface area contributed by atoms with Crippen molar-refractivity contribution >= 4 is 74.6 Å². The third-order valence-electron chi connectivity index (χ3n) is 10.6. The predicted octanol–water partition coefficient (Wildman–Crippen LogP) is 14.4. The fraction of sp³-hybridized carbons (Fsp3) is 0.0833. The van der Waals surface area contributed by atoms with Crippen LogP contribution in [0.15, 0.2) is 152 Å². The normalized spacial score (nSPS) is 12.4. The van der Waals surface area contributed by atoms with Crippen LogP contribution in [0, 0.1) is 0 Å². The molecule has 9 aromatic carbocycles. The molecule has 0 aliphatic rings. The Morgan fingerprint density at radius 3 is 1.57 bits per heavy atom. The largest absolute Gasteiger partial charge is 0.135 e. The van der Waals surface area contributed by atoms with E-state index in [0.29, 0.717) is 0 Å². The van der Waals surface area contributed by atoms with Gasteiger partial charge in [-0.15, -0.1) is 11.3 Å². The van der Waals surface area contributed by atoms with Crippen LogP contribution in [0.2, 0.25) is 0 Å². The van der Waals surface area contributed by atoms with Gasteiger partial charge in [-0.05, 0) is 106 Å². The molecular formula is C48H34S. The van der Waals surface area contributed by atoms with Gasteiger partial charge in [0.25, 0.3) is 0 Å². The summed E-state index contributed by atoms with van der Waals surface area (Å²) in [7, 11) is 0. The third kappa shape index (κ3) is 4.43. The second kappa shape index (κ2) is 10.5. The Kier molecular flexibility index (Phi) is 6.11. The fourth-order valence-corrected chi connectivity index (χ4v) is 9.25. The highest BCUT2D eigenvalue weighted by Gasteiger charge is 2.17. The standard InChI is InChI=1S/C48H34S/c1-48(2,3)36-21-15-29(16-22-36)37-23-17-30-20-26-42-38(24-18-31-19-25-41(37)45(30)46(31)42)34-13-11-33-28-35(14-12-32(33)27-34)39-8-6-9-43-40-7-4-5-10-44(40)49-47(39)43/h4-28H,1-3H3. The van der Waals surface area contributed by atoms with E-state index < -0.39 is 0 Å². The summed E-state index contributed by atoms with van der Waals surface area (Å²) in [6.07, 6.45) is 0. The van der Waals surface area contributed by atoms with Crippen LogP contribution in [0.5, 0.6) is 0 Å². The summed E-state index contributed by atoms with van der Waals surface area (Å²) >= 11 is 1.89. The van der Waals surface area contributed by atoms with Crippen LogP contribution in [0.25, 0.3) is 96.6 Å². The van der Waals surface area contributed by atoms with Gasteiger partial charge in [-0.2, -0.15) is 0 Å². The maximum absolute atomic E-state index is 2.37. The number of thiophene rings is 1. The zero-order valence-electron chi connectivity index (χ0n) is 27.8. The molecule has 1 heterocycles. The van der Waals surface area contributed by atoms with Crippen molar-refractivity contribution in [1.29, 1.82) is 0 Å². The average Bonchev–Trinajstić information content (AvgIpc) is 3.52. The van der Waals surface area contributed by atoms with Gasteiger partial charge in [0.05, 0.1) is 0 Å². The lowest BCUT2D eigenvalue weighted by Crippen LogP contribution is -2.10. The molecule has 0 bridgehead atoms. The maximum Gasteiger partial charge on any atom is 0.0433 e.